The maximum Gasteiger partial charge on any atom is 0.368 e. The van der Waals surface area contributed by atoms with Crippen molar-refractivity contribution < 1.29 is 19.8 Å². The highest BCUT2D eigenvalue weighted by Gasteiger charge is 2.20. The SMILES string of the molecule is Cc1ccc(C)c(-n2c(O)c3ccc(C(=O)Nc4ccc5c(c4)=NC(=O)N=5)cc3c2O)c1. The molecule has 0 radical (unpaired) electrons. The topological polar surface area (TPSA) is 116 Å². The van der Waals surface area contributed by atoms with E-state index in [0.717, 1.165) is 11.1 Å². The highest BCUT2D eigenvalue weighted by atomic mass is 16.3. The zero-order chi connectivity index (χ0) is 22.6. The molecule has 8 nitrogen and oxygen atoms in total. The Bertz CT molecular complexity index is 1580. The predicted octanol–water partition coefficient (Wildman–Crippen LogP) is 3.28. The molecule has 3 N–H and O–H groups in total. The molecule has 4 aromatic rings. The van der Waals surface area contributed by atoms with Crippen LogP contribution in [0.3, 0.4) is 0 Å². The summed E-state index contributed by atoms with van der Waals surface area (Å²) in [5.74, 6) is -0.671. The summed E-state index contributed by atoms with van der Waals surface area (Å²) in [7, 11) is 0. The average Bonchev–Trinajstić information content (AvgIpc) is 3.25. The van der Waals surface area contributed by atoms with Gasteiger partial charge in [0.05, 0.1) is 16.4 Å². The van der Waals surface area contributed by atoms with Crippen LogP contribution in [-0.4, -0.2) is 26.7 Å². The number of aryl methyl sites for hydroxylation is 2. The highest BCUT2D eigenvalue weighted by molar-refractivity contribution is 6.08. The monoisotopic (exact) mass is 426 g/mol. The summed E-state index contributed by atoms with van der Waals surface area (Å²) in [5, 5.41) is 26.0. The van der Waals surface area contributed by atoms with Crippen molar-refractivity contribution in [3.63, 3.8) is 0 Å². The van der Waals surface area contributed by atoms with Crippen molar-refractivity contribution in [1.82, 2.24) is 4.57 Å². The minimum Gasteiger partial charge on any atom is -0.494 e. The largest absolute Gasteiger partial charge is 0.494 e. The van der Waals surface area contributed by atoms with E-state index in [9.17, 15) is 19.8 Å². The van der Waals surface area contributed by atoms with Crippen molar-refractivity contribution in [2.24, 2.45) is 9.98 Å². The minimum atomic E-state index is -0.572. The lowest BCUT2D eigenvalue weighted by Crippen LogP contribution is -2.22. The first-order valence-corrected chi connectivity index (χ1v) is 9.88. The molecular formula is C24H18N4O4. The fourth-order valence-electron chi connectivity index (χ4n) is 3.81. The summed E-state index contributed by atoms with van der Waals surface area (Å²) in [6, 6.07) is 14.7. The molecule has 0 saturated heterocycles. The Kier molecular flexibility index (Phi) is 4.30. The van der Waals surface area contributed by atoms with Crippen LogP contribution in [0, 0.1) is 13.8 Å². The molecule has 2 heterocycles. The van der Waals surface area contributed by atoms with Crippen LogP contribution in [0.4, 0.5) is 10.5 Å². The molecule has 3 amide bonds. The summed E-state index contributed by atoms with van der Waals surface area (Å²) in [6.45, 7) is 3.82. The fourth-order valence-corrected chi connectivity index (χ4v) is 3.81. The van der Waals surface area contributed by atoms with E-state index < -0.39 is 11.9 Å². The molecule has 0 spiro atoms. The molecule has 5 rings (SSSR count). The molecule has 0 aliphatic carbocycles. The molecule has 0 fully saturated rings. The number of aromatic hydroxyl groups is 2. The number of urea groups is 1. The lowest BCUT2D eigenvalue weighted by Gasteiger charge is -2.11. The van der Waals surface area contributed by atoms with Crippen LogP contribution >= 0.6 is 0 Å². The van der Waals surface area contributed by atoms with Crippen molar-refractivity contribution in [1.29, 1.82) is 0 Å². The van der Waals surface area contributed by atoms with Crippen LogP contribution in [-0.2, 0) is 0 Å². The van der Waals surface area contributed by atoms with Gasteiger partial charge in [0.25, 0.3) is 5.91 Å². The number of fused-ring (bicyclic) bond motifs is 2. The van der Waals surface area contributed by atoms with Gasteiger partial charge in [-0.2, -0.15) is 9.98 Å². The molecule has 1 aliphatic heterocycles. The second-order valence-electron chi connectivity index (χ2n) is 7.70. The minimum absolute atomic E-state index is 0.105. The van der Waals surface area contributed by atoms with Gasteiger partial charge in [-0.3, -0.25) is 9.36 Å². The zero-order valence-corrected chi connectivity index (χ0v) is 17.2. The Morgan fingerprint density at radius 1 is 0.875 bits per heavy atom. The van der Waals surface area contributed by atoms with Crippen LogP contribution in [0.25, 0.3) is 16.5 Å². The average molecular weight is 426 g/mol. The number of carbonyl (C=O) groups is 2. The second kappa shape index (κ2) is 7.05. The summed E-state index contributed by atoms with van der Waals surface area (Å²) >= 11 is 0. The highest BCUT2D eigenvalue weighted by Crippen LogP contribution is 2.40. The summed E-state index contributed by atoms with van der Waals surface area (Å²) < 4.78 is 1.37. The number of carbonyl (C=O) groups excluding carboxylic acids is 2. The number of hydrogen-bond acceptors (Lipinski definition) is 4. The Balaban J connectivity index is 1.53. The van der Waals surface area contributed by atoms with Gasteiger partial charge in [0.2, 0.25) is 11.8 Å². The summed E-state index contributed by atoms with van der Waals surface area (Å²) in [6.07, 6.45) is 0. The number of nitrogens with zero attached hydrogens (tertiary/aromatic N) is 3. The fraction of sp³-hybridized carbons (Fsp3) is 0.0833. The molecule has 1 aliphatic rings. The number of aromatic nitrogens is 1. The Labute approximate surface area is 181 Å². The molecule has 158 valence electrons. The lowest BCUT2D eigenvalue weighted by atomic mass is 10.1. The first-order valence-electron chi connectivity index (χ1n) is 9.88. The van der Waals surface area contributed by atoms with Gasteiger partial charge in [-0.25, -0.2) is 4.79 Å². The van der Waals surface area contributed by atoms with E-state index in [1.807, 2.05) is 32.0 Å². The van der Waals surface area contributed by atoms with E-state index in [0.29, 0.717) is 38.4 Å². The van der Waals surface area contributed by atoms with Crippen LogP contribution in [0.2, 0.25) is 0 Å². The van der Waals surface area contributed by atoms with E-state index in [1.54, 1.807) is 30.3 Å². The molecular weight excluding hydrogens is 408 g/mol. The number of nitrogens with one attached hydrogen (secondary N) is 1. The van der Waals surface area contributed by atoms with E-state index in [2.05, 4.69) is 15.3 Å². The zero-order valence-electron chi connectivity index (χ0n) is 17.2. The molecule has 0 bridgehead atoms. The van der Waals surface area contributed by atoms with Gasteiger partial charge in [0, 0.05) is 22.0 Å². The number of benzene rings is 3. The normalized spacial score (nSPS) is 12.4. The maximum absolute atomic E-state index is 12.8. The van der Waals surface area contributed by atoms with Gasteiger partial charge in [-0.05, 0) is 67.4 Å². The van der Waals surface area contributed by atoms with E-state index in [-0.39, 0.29) is 11.8 Å². The summed E-state index contributed by atoms with van der Waals surface area (Å²) in [4.78, 5) is 31.7. The molecule has 3 aromatic carbocycles. The van der Waals surface area contributed by atoms with Gasteiger partial charge in [0.1, 0.15) is 0 Å². The molecule has 0 atom stereocenters. The first-order chi connectivity index (χ1) is 15.3. The maximum atomic E-state index is 12.8. The van der Waals surface area contributed by atoms with Gasteiger partial charge >= 0.3 is 6.03 Å². The van der Waals surface area contributed by atoms with Crippen LogP contribution in [0.15, 0.2) is 64.6 Å². The quantitative estimate of drug-likeness (QED) is 0.466. The van der Waals surface area contributed by atoms with Crippen molar-refractivity contribution in [3.8, 4) is 17.4 Å². The predicted molar refractivity (Wildman–Crippen MR) is 118 cm³/mol. The van der Waals surface area contributed by atoms with Crippen molar-refractivity contribution in [2.75, 3.05) is 5.32 Å². The molecule has 8 heteroatoms. The third kappa shape index (κ3) is 3.09. The molecule has 32 heavy (non-hydrogen) atoms. The number of rotatable bonds is 3. The van der Waals surface area contributed by atoms with Crippen LogP contribution in [0.5, 0.6) is 11.8 Å². The van der Waals surface area contributed by atoms with E-state index in [1.165, 1.54) is 10.6 Å². The summed E-state index contributed by atoms with van der Waals surface area (Å²) in [5.41, 5.74) is 3.28. The number of amides is 3. The van der Waals surface area contributed by atoms with Crippen LogP contribution in [0.1, 0.15) is 21.5 Å². The van der Waals surface area contributed by atoms with Crippen molar-refractivity contribution in [3.05, 3.63) is 82.0 Å². The van der Waals surface area contributed by atoms with Crippen molar-refractivity contribution in [2.45, 2.75) is 13.8 Å². The lowest BCUT2D eigenvalue weighted by molar-refractivity contribution is 0.102. The van der Waals surface area contributed by atoms with E-state index >= 15 is 0 Å². The standard InChI is InChI=1S/C24H18N4O4/c1-12-3-4-13(2)20(9-12)28-22(30)16-7-5-14(10-17(16)23(28)31)21(29)25-15-6-8-18-19(11-15)27-24(32)26-18/h3-11,30-31H,1-2H3,(H,25,29). The number of hydrogen-bond donors (Lipinski definition) is 3. The second-order valence-corrected chi connectivity index (χ2v) is 7.70. The smallest absolute Gasteiger partial charge is 0.368 e. The van der Waals surface area contributed by atoms with E-state index in [4.69, 9.17) is 0 Å². The van der Waals surface area contributed by atoms with Gasteiger partial charge in [-0.1, -0.05) is 12.1 Å². The third-order valence-corrected chi connectivity index (χ3v) is 5.46. The van der Waals surface area contributed by atoms with Crippen molar-refractivity contribution >= 4 is 28.4 Å². The van der Waals surface area contributed by atoms with Gasteiger partial charge in [0.15, 0.2) is 0 Å². The Morgan fingerprint density at radius 2 is 1.62 bits per heavy atom. The number of anilines is 1. The molecule has 1 aromatic heterocycles. The Hall–Kier alpha value is -4.46. The van der Waals surface area contributed by atoms with Gasteiger partial charge < -0.3 is 15.5 Å². The van der Waals surface area contributed by atoms with Gasteiger partial charge in [-0.15, -0.1) is 0 Å². The van der Waals surface area contributed by atoms with Crippen LogP contribution < -0.4 is 16.0 Å². The Morgan fingerprint density at radius 3 is 2.44 bits per heavy atom. The molecule has 0 saturated carbocycles. The molecule has 0 unspecified atom stereocenters. The first kappa shape index (κ1) is 19.5. The third-order valence-electron chi connectivity index (χ3n) is 5.46.